The fourth-order valence-electron chi connectivity index (χ4n) is 3.73. The van der Waals surface area contributed by atoms with Crippen molar-refractivity contribution in [2.45, 2.75) is 13.8 Å². The van der Waals surface area contributed by atoms with Gasteiger partial charge in [-0.05, 0) is 61.0 Å². The highest BCUT2D eigenvalue weighted by Gasteiger charge is 2.14. The molecule has 0 saturated heterocycles. The molecule has 0 radical (unpaired) electrons. The van der Waals surface area contributed by atoms with Crippen molar-refractivity contribution in [2.24, 2.45) is 5.10 Å². The zero-order valence-corrected chi connectivity index (χ0v) is 19.3. The van der Waals surface area contributed by atoms with E-state index < -0.39 is 0 Å². The van der Waals surface area contributed by atoms with Crippen LogP contribution in [0.3, 0.4) is 0 Å². The number of amides is 1. The summed E-state index contributed by atoms with van der Waals surface area (Å²) in [5.41, 5.74) is 6.76. The zero-order valence-electron chi connectivity index (χ0n) is 17.8. The van der Waals surface area contributed by atoms with E-state index in [1.807, 2.05) is 62.4 Å². The topological polar surface area (TPSA) is 55.6 Å². The maximum atomic E-state index is 12.8. The summed E-state index contributed by atoms with van der Waals surface area (Å²) in [5, 5.41) is 7.12. The second kappa shape index (κ2) is 9.07. The predicted octanol–water partition coefficient (Wildman–Crippen LogP) is 6.33. The second-order valence-electron chi connectivity index (χ2n) is 7.36. The van der Waals surface area contributed by atoms with Crippen LogP contribution in [0.2, 0.25) is 10.0 Å². The van der Waals surface area contributed by atoms with Gasteiger partial charge in [0.05, 0.1) is 28.9 Å². The van der Waals surface area contributed by atoms with E-state index in [1.54, 1.807) is 25.5 Å². The molecule has 1 heterocycles. The van der Waals surface area contributed by atoms with E-state index >= 15 is 0 Å². The van der Waals surface area contributed by atoms with E-state index in [9.17, 15) is 4.79 Å². The molecule has 0 aliphatic carbocycles. The predicted molar refractivity (Wildman–Crippen MR) is 131 cm³/mol. The molecule has 0 atom stereocenters. The van der Waals surface area contributed by atoms with Crippen LogP contribution in [0, 0.1) is 13.8 Å². The van der Waals surface area contributed by atoms with Crippen LogP contribution in [-0.2, 0) is 0 Å². The first-order valence-corrected chi connectivity index (χ1v) is 10.7. The van der Waals surface area contributed by atoms with E-state index in [4.69, 9.17) is 27.9 Å². The summed E-state index contributed by atoms with van der Waals surface area (Å²) < 4.78 is 7.46. The van der Waals surface area contributed by atoms with Crippen molar-refractivity contribution >= 4 is 46.1 Å². The Labute approximate surface area is 196 Å². The van der Waals surface area contributed by atoms with E-state index in [2.05, 4.69) is 15.1 Å². The number of aryl methyl sites for hydroxylation is 1. The fourth-order valence-corrected chi connectivity index (χ4v) is 4.02. The molecule has 4 rings (SSSR count). The minimum absolute atomic E-state index is 0.345. The maximum absolute atomic E-state index is 12.8. The SMILES string of the molecule is COc1cc2ccccc2cc1C(=O)NN=Cc1cc(C)n(-c2ccc(Cl)c(Cl)c2)c1C. The number of fused-ring (bicyclic) bond motifs is 1. The monoisotopic (exact) mass is 465 g/mol. The lowest BCUT2D eigenvalue weighted by molar-refractivity contribution is 0.0952. The summed E-state index contributed by atoms with van der Waals surface area (Å²) in [7, 11) is 1.54. The number of ether oxygens (including phenoxy) is 1. The Hall–Kier alpha value is -3.28. The van der Waals surface area contributed by atoms with Gasteiger partial charge in [-0.1, -0.05) is 47.5 Å². The number of methoxy groups -OCH3 is 1. The van der Waals surface area contributed by atoms with Gasteiger partial charge < -0.3 is 9.30 Å². The maximum Gasteiger partial charge on any atom is 0.275 e. The molecule has 0 fully saturated rings. The van der Waals surface area contributed by atoms with Crippen molar-refractivity contribution in [3.63, 3.8) is 0 Å². The van der Waals surface area contributed by atoms with Crippen LogP contribution in [0.4, 0.5) is 0 Å². The highest BCUT2D eigenvalue weighted by molar-refractivity contribution is 6.42. The summed E-state index contributed by atoms with van der Waals surface area (Å²) >= 11 is 12.2. The molecule has 0 spiro atoms. The van der Waals surface area contributed by atoms with E-state index in [-0.39, 0.29) is 5.91 Å². The van der Waals surface area contributed by atoms with Crippen LogP contribution < -0.4 is 10.2 Å². The number of nitrogens with zero attached hydrogens (tertiary/aromatic N) is 2. The molecule has 1 N–H and O–H groups in total. The molecule has 0 bridgehead atoms. The summed E-state index contributed by atoms with van der Waals surface area (Å²) in [4.78, 5) is 12.8. The quantitative estimate of drug-likeness (QED) is 0.276. The number of hydrazone groups is 1. The molecule has 1 amide bonds. The Morgan fingerprint density at radius 1 is 1.00 bits per heavy atom. The van der Waals surface area contributed by atoms with E-state index in [1.165, 1.54) is 0 Å². The van der Waals surface area contributed by atoms with Crippen molar-refractivity contribution in [1.29, 1.82) is 0 Å². The van der Waals surface area contributed by atoms with Crippen molar-refractivity contribution in [3.05, 3.63) is 93.2 Å². The number of benzene rings is 3. The number of hydrogen-bond donors (Lipinski definition) is 1. The first-order chi connectivity index (χ1) is 15.4. The molecule has 5 nitrogen and oxygen atoms in total. The first kappa shape index (κ1) is 21.9. The third-order valence-corrected chi connectivity index (χ3v) is 6.05. The van der Waals surface area contributed by atoms with Crippen molar-refractivity contribution in [3.8, 4) is 11.4 Å². The van der Waals surface area contributed by atoms with Gasteiger partial charge >= 0.3 is 0 Å². The van der Waals surface area contributed by atoms with Gasteiger partial charge in [-0.25, -0.2) is 5.43 Å². The van der Waals surface area contributed by atoms with Gasteiger partial charge in [0, 0.05) is 22.6 Å². The molecule has 0 unspecified atom stereocenters. The molecule has 1 aromatic heterocycles. The third kappa shape index (κ3) is 4.22. The standard InChI is InChI=1S/C25H21Cl2N3O2/c1-15-10-19(16(2)30(15)20-8-9-22(26)23(27)13-20)14-28-29-25(31)21-11-17-6-4-5-7-18(17)12-24(21)32-3/h4-14H,1-3H3,(H,29,31). The average molecular weight is 466 g/mol. The second-order valence-corrected chi connectivity index (χ2v) is 8.17. The Morgan fingerprint density at radius 3 is 2.41 bits per heavy atom. The normalized spacial score (nSPS) is 11.3. The van der Waals surface area contributed by atoms with Gasteiger partial charge in [0.25, 0.3) is 5.91 Å². The summed E-state index contributed by atoms with van der Waals surface area (Å²) in [6, 6.07) is 18.9. The number of halogens is 2. The van der Waals surface area contributed by atoms with Crippen LogP contribution in [0.25, 0.3) is 16.5 Å². The lowest BCUT2D eigenvalue weighted by atomic mass is 10.1. The minimum atomic E-state index is -0.345. The number of carbonyl (C=O) groups is 1. The first-order valence-electron chi connectivity index (χ1n) is 9.93. The average Bonchev–Trinajstić information content (AvgIpc) is 3.07. The van der Waals surface area contributed by atoms with Gasteiger partial charge in [0.15, 0.2) is 0 Å². The minimum Gasteiger partial charge on any atom is -0.496 e. The van der Waals surface area contributed by atoms with Crippen LogP contribution in [0.15, 0.2) is 65.8 Å². The lowest BCUT2D eigenvalue weighted by Crippen LogP contribution is -2.18. The van der Waals surface area contributed by atoms with Crippen molar-refractivity contribution in [2.75, 3.05) is 7.11 Å². The summed E-state index contributed by atoms with van der Waals surface area (Å²) in [5.74, 6) is 0.149. The van der Waals surface area contributed by atoms with Crippen molar-refractivity contribution < 1.29 is 9.53 Å². The molecule has 3 aromatic carbocycles. The van der Waals surface area contributed by atoms with Crippen LogP contribution in [-0.4, -0.2) is 23.8 Å². The molecule has 7 heteroatoms. The molecule has 32 heavy (non-hydrogen) atoms. The van der Waals surface area contributed by atoms with Crippen molar-refractivity contribution in [1.82, 2.24) is 9.99 Å². The molecular formula is C25H21Cl2N3O2. The third-order valence-electron chi connectivity index (χ3n) is 5.31. The summed E-state index contributed by atoms with van der Waals surface area (Å²) in [6.07, 6.45) is 1.63. The van der Waals surface area contributed by atoms with Gasteiger partial charge in [-0.15, -0.1) is 0 Å². The van der Waals surface area contributed by atoms with Gasteiger partial charge in [-0.3, -0.25) is 4.79 Å². The lowest BCUT2D eigenvalue weighted by Gasteiger charge is -2.10. The highest BCUT2D eigenvalue weighted by Crippen LogP contribution is 2.28. The number of hydrogen-bond acceptors (Lipinski definition) is 3. The largest absolute Gasteiger partial charge is 0.496 e. The van der Waals surface area contributed by atoms with E-state index in [0.29, 0.717) is 21.4 Å². The molecule has 0 saturated carbocycles. The molecule has 4 aromatic rings. The molecular weight excluding hydrogens is 445 g/mol. The smallest absolute Gasteiger partial charge is 0.275 e. The Balaban J connectivity index is 1.58. The summed E-state index contributed by atoms with van der Waals surface area (Å²) in [6.45, 7) is 3.97. The van der Waals surface area contributed by atoms with Crippen LogP contribution in [0.5, 0.6) is 5.75 Å². The molecule has 162 valence electrons. The molecule has 0 aliphatic rings. The number of carbonyl (C=O) groups excluding carboxylic acids is 1. The number of aromatic nitrogens is 1. The highest BCUT2D eigenvalue weighted by atomic mass is 35.5. The number of nitrogens with one attached hydrogen (secondary N) is 1. The Morgan fingerprint density at radius 2 is 1.72 bits per heavy atom. The Kier molecular flexibility index (Phi) is 6.21. The molecule has 0 aliphatic heterocycles. The van der Waals surface area contributed by atoms with Gasteiger partial charge in [-0.2, -0.15) is 5.10 Å². The van der Waals surface area contributed by atoms with Crippen LogP contribution in [0.1, 0.15) is 27.3 Å². The fraction of sp³-hybridized carbons (Fsp3) is 0.120. The van der Waals surface area contributed by atoms with Crippen LogP contribution >= 0.6 is 23.2 Å². The van der Waals surface area contributed by atoms with Gasteiger partial charge in [0.1, 0.15) is 5.75 Å². The zero-order chi connectivity index (χ0) is 22.8. The van der Waals surface area contributed by atoms with Gasteiger partial charge in [0.2, 0.25) is 0 Å². The van der Waals surface area contributed by atoms with E-state index in [0.717, 1.165) is 33.4 Å². The number of rotatable bonds is 5. The Bertz CT molecular complexity index is 1360.